The molecule has 0 amide bonds. The normalized spacial score (nSPS) is 10.8. The van der Waals surface area contributed by atoms with Crippen LogP contribution in [0, 0.1) is 0 Å². The summed E-state index contributed by atoms with van der Waals surface area (Å²) in [6, 6.07) is 10.1. The van der Waals surface area contributed by atoms with E-state index >= 15 is 0 Å². The molecule has 25 heavy (non-hydrogen) atoms. The third-order valence-corrected chi connectivity index (χ3v) is 4.43. The molecule has 0 bridgehead atoms. The number of unbranched alkanes of at least 4 members (excludes halogenated alkanes) is 4. The molecule has 0 fully saturated rings. The van der Waals surface area contributed by atoms with Crippen molar-refractivity contribution in [2.75, 3.05) is 26.2 Å². The van der Waals surface area contributed by atoms with Gasteiger partial charge in [0.25, 0.3) is 0 Å². The summed E-state index contributed by atoms with van der Waals surface area (Å²) < 4.78 is 17.3. The van der Waals surface area contributed by atoms with E-state index in [1.165, 1.54) is 0 Å². The van der Waals surface area contributed by atoms with Crippen molar-refractivity contribution in [3.05, 3.63) is 30.3 Å². The monoisotopic (exact) mass is 364 g/mol. The largest absolute Gasteiger partial charge is 0.494 e. The lowest BCUT2D eigenvalue weighted by molar-refractivity contribution is 0.286. The van der Waals surface area contributed by atoms with E-state index in [0.29, 0.717) is 6.61 Å². The van der Waals surface area contributed by atoms with Gasteiger partial charge >= 0.3 is 0 Å². The highest BCUT2D eigenvalue weighted by molar-refractivity contribution is 6.17. The summed E-state index contributed by atoms with van der Waals surface area (Å²) in [5.41, 5.74) is 0. The van der Waals surface area contributed by atoms with Gasteiger partial charge in [-0.05, 0) is 48.9 Å². The van der Waals surface area contributed by atoms with Gasteiger partial charge in [0.15, 0.2) is 11.5 Å². The summed E-state index contributed by atoms with van der Waals surface area (Å²) in [6.07, 6.45) is 6.60. The molecule has 0 atom stereocenters. The van der Waals surface area contributed by atoms with Crippen molar-refractivity contribution >= 4 is 22.4 Å². The molecule has 0 N–H and O–H groups in total. The zero-order valence-corrected chi connectivity index (χ0v) is 16.1. The van der Waals surface area contributed by atoms with Crippen molar-refractivity contribution in [3.8, 4) is 17.2 Å². The second-order valence-electron chi connectivity index (χ2n) is 6.13. The second-order valence-corrected chi connectivity index (χ2v) is 6.51. The van der Waals surface area contributed by atoms with Crippen molar-refractivity contribution in [3.63, 3.8) is 0 Å². The summed E-state index contributed by atoms with van der Waals surface area (Å²) in [6.45, 7) is 3.61. The maximum absolute atomic E-state index is 5.94. The number of halogens is 1. The molecule has 0 aliphatic heterocycles. The van der Waals surface area contributed by atoms with Gasteiger partial charge in [0.05, 0.1) is 20.3 Å². The highest BCUT2D eigenvalue weighted by Gasteiger charge is 2.10. The Morgan fingerprint density at radius 2 is 1.68 bits per heavy atom. The highest BCUT2D eigenvalue weighted by atomic mass is 35.5. The molecule has 2 aromatic rings. The number of fused-ring (bicyclic) bond motifs is 1. The van der Waals surface area contributed by atoms with Crippen LogP contribution in [0.5, 0.6) is 17.2 Å². The summed E-state index contributed by atoms with van der Waals surface area (Å²) >= 11 is 5.70. The predicted octanol–water partition coefficient (Wildman–Crippen LogP) is 6.21. The minimum Gasteiger partial charge on any atom is -0.494 e. The quantitative estimate of drug-likeness (QED) is 0.331. The SMILES string of the molecule is CCCCOc1ccc2c(OC)c(OCCCCCCCl)ccc2c1. The first-order valence-electron chi connectivity index (χ1n) is 9.22. The molecule has 4 heteroatoms. The molecule has 138 valence electrons. The van der Waals surface area contributed by atoms with Crippen molar-refractivity contribution in [1.82, 2.24) is 0 Å². The third-order valence-electron chi connectivity index (χ3n) is 4.16. The summed E-state index contributed by atoms with van der Waals surface area (Å²) in [5.74, 6) is 3.23. The lowest BCUT2D eigenvalue weighted by atomic mass is 10.1. The molecule has 0 saturated carbocycles. The van der Waals surface area contributed by atoms with E-state index in [-0.39, 0.29) is 0 Å². The number of ether oxygens (including phenoxy) is 3. The van der Waals surface area contributed by atoms with E-state index in [4.69, 9.17) is 25.8 Å². The lowest BCUT2D eigenvalue weighted by Gasteiger charge is -2.14. The van der Waals surface area contributed by atoms with E-state index < -0.39 is 0 Å². The van der Waals surface area contributed by atoms with Gasteiger partial charge in [0.2, 0.25) is 0 Å². The summed E-state index contributed by atoms with van der Waals surface area (Å²) in [5, 5.41) is 2.14. The number of hydrogen-bond donors (Lipinski definition) is 0. The standard InChI is InChI=1S/C21H29ClO3/c1-3-4-14-24-18-10-11-19-17(16-18)9-12-20(21(19)23-2)25-15-8-6-5-7-13-22/h9-12,16H,3-8,13-15H2,1-2H3. The van der Waals surface area contributed by atoms with Gasteiger partial charge in [-0.1, -0.05) is 32.3 Å². The van der Waals surface area contributed by atoms with Gasteiger partial charge in [-0.25, -0.2) is 0 Å². The molecule has 0 radical (unpaired) electrons. The van der Waals surface area contributed by atoms with E-state index in [0.717, 1.165) is 79.0 Å². The van der Waals surface area contributed by atoms with Gasteiger partial charge < -0.3 is 14.2 Å². The Morgan fingerprint density at radius 1 is 0.880 bits per heavy atom. The zero-order chi connectivity index (χ0) is 17.9. The summed E-state index contributed by atoms with van der Waals surface area (Å²) in [7, 11) is 1.69. The number of methoxy groups -OCH3 is 1. The number of alkyl halides is 1. The molecular weight excluding hydrogens is 336 g/mol. The molecular formula is C21H29ClO3. The highest BCUT2D eigenvalue weighted by Crippen LogP contribution is 2.37. The van der Waals surface area contributed by atoms with Gasteiger partial charge in [-0.3, -0.25) is 0 Å². The molecule has 0 aliphatic carbocycles. The third kappa shape index (κ3) is 6.00. The average Bonchev–Trinajstić information content (AvgIpc) is 2.64. The fourth-order valence-corrected chi connectivity index (χ4v) is 2.93. The molecule has 0 unspecified atom stereocenters. The predicted molar refractivity (Wildman–Crippen MR) is 106 cm³/mol. The van der Waals surface area contributed by atoms with E-state index in [1.54, 1.807) is 7.11 Å². The van der Waals surface area contributed by atoms with Crippen molar-refractivity contribution in [2.24, 2.45) is 0 Å². The molecule has 2 rings (SSSR count). The number of benzene rings is 2. The minimum absolute atomic E-state index is 0.697. The van der Waals surface area contributed by atoms with Crippen LogP contribution in [0.15, 0.2) is 30.3 Å². The van der Waals surface area contributed by atoms with Crippen molar-refractivity contribution in [1.29, 1.82) is 0 Å². The van der Waals surface area contributed by atoms with Crippen LogP contribution in [0.25, 0.3) is 10.8 Å². The van der Waals surface area contributed by atoms with Crippen molar-refractivity contribution < 1.29 is 14.2 Å². The average molecular weight is 365 g/mol. The van der Waals surface area contributed by atoms with Gasteiger partial charge in [-0.15, -0.1) is 11.6 Å². The van der Waals surface area contributed by atoms with Crippen LogP contribution in [0.3, 0.4) is 0 Å². The van der Waals surface area contributed by atoms with E-state index in [1.807, 2.05) is 18.2 Å². The van der Waals surface area contributed by atoms with Crippen LogP contribution in [0.1, 0.15) is 45.4 Å². The fraction of sp³-hybridized carbons (Fsp3) is 0.524. The smallest absolute Gasteiger partial charge is 0.168 e. The molecule has 0 aliphatic rings. The van der Waals surface area contributed by atoms with Crippen LogP contribution < -0.4 is 14.2 Å². The number of rotatable bonds is 12. The Morgan fingerprint density at radius 3 is 2.44 bits per heavy atom. The van der Waals surface area contributed by atoms with Crippen molar-refractivity contribution in [2.45, 2.75) is 45.4 Å². The Labute approximate surface area is 156 Å². The molecule has 0 aromatic heterocycles. The Balaban J connectivity index is 2.02. The lowest BCUT2D eigenvalue weighted by Crippen LogP contribution is -2.00. The van der Waals surface area contributed by atoms with Crippen LogP contribution in [-0.2, 0) is 0 Å². The molecule has 0 heterocycles. The molecule has 0 spiro atoms. The number of hydrogen-bond acceptors (Lipinski definition) is 3. The zero-order valence-electron chi connectivity index (χ0n) is 15.4. The topological polar surface area (TPSA) is 27.7 Å². The van der Waals surface area contributed by atoms with Crippen LogP contribution in [0.2, 0.25) is 0 Å². The fourth-order valence-electron chi connectivity index (χ4n) is 2.74. The molecule has 2 aromatic carbocycles. The first-order valence-corrected chi connectivity index (χ1v) is 9.76. The summed E-state index contributed by atoms with van der Waals surface area (Å²) in [4.78, 5) is 0. The Kier molecular flexibility index (Phi) is 8.75. The van der Waals surface area contributed by atoms with Crippen LogP contribution >= 0.6 is 11.6 Å². The van der Waals surface area contributed by atoms with Gasteiger partial charge in [-0.2, -0.15) is 0 Å². The first kappa shape index (κ1) is 19.7. The van der Waals surface area contributed by atoms with Crippen LogP contribution in [0.4, 0.5) is 0 Å². The van der Waals surface area contributed by atoms with E-state index in [2.05, 4.69) is 19.1 Å². The Hall–Kier alpha value is -1.61. The molecule has 0 saturated heterocycles. The van der Waals surface area contributed by atoms with Crippen LogP contribution in [-0.4, -0.2) is 26.2 Å². The maximum Gasteiger partial charge on any atom is 0.168 e. The minimum atomic E-state index is 0.697. The molecule has 3 nitrogen and oxygen atoms in total. The second kappa shape index (κ2) is 11.1. The maximum atomic E-state index is 5.94. The van der Waals surface area contributed by atoms with Gasteiger partial charge in [0.1, 0.15) is 5.75 Å². The first-order chi connectivity index (χ1) is 12.3. The van der Waals surface area contributed by atoms with Gasteiger partial charge in [0, 0.05) is 11.3 Å². The Bertz CT molecular complexity index is 642. The van der Waals surface area contributed by atoms with E-state index in [9.17, 15) is 0 Å².